The first-order chi connectivity index (χ1) is 7.86. The molecule has 0 amide bonds. The van der Waals surface area contributed by atoms with Gasteiger partial charge in [0, 0.05) is 6.54 Å². The second kappa shape index (κ2) is 6.58. The zero-order valence-corrected chi connectivity index (χ0v) is 10.3. The van der Waals surface area contributed by atoms with Gasteiger partial charge < -0.3 is 15.3 Å². The van der Waals surface area contributed by atoms with Crippen LogP contribution in [0.1, 0.15) is 38.5 Å². The Hall–Kier alpha value is -0.120. The van der Waals surface area contributed by atoms with Crippen molar-refractivity contribution in [3.8, 4) is 0 Å². The number of hydrogen-bond acceptors (Lipinski definition) is 3. The second-order valence-electron chi connectivity index (χ2n) is 5.35. The zero-order chi connectivity index (χ0) is 11.2. The molecule has 1 atom stereocenters. The highest BCUT2D eigenvalue weighted by Crippen LogP contribution is 2.19. The Bertz CT molecular complexity index is 186. The maximum absolute atomic E-state index is 10.2. The van der Waals surface area contributed by atoms with Crippen LogP contribution >= 0.6 is 0 Å². The van der Waals surface area contributed by atoms with E-state index in [4.69, 9.17) is 0 Å². The van der Waals surface area contributed by atoms with Crippen LogP contribution in [0.4, 0.5) is 0 Å². The Morgan fingerprint density at radius 2 is 1.81 bits per heavy atom. The first-order valence-electron chi connectivity index (χ1n) is 6.97. The van der Waals surface area contributed by atoms with Gasteiger partial charge in [0.25, 0.3) is 0 Å². The first-order valence-corrected chi connectivity index (χ1v) is 6.97. The van der Waals surface area contributed by atoms with Gasteiger partial charge in [-0.25, -0.2) is 0 Å². The number of nitrogens with one attached hydrogen (secondary N) is 1. The van der Waals surface area contributed by atoms with E-state index in [1.54, 1.807) is 0 Å². The highest BCUT2D eigenvalue weighted by atomic mass is 16.3. The average Bonchev–Trinajstić information content (AvgIpc) is 2.38. The molecular formula is C13H26N2O. The van der Waals surface area contributed by atoms with Gasteiger partial charge >= 0.3 is 0 Å². The Balaban J connectivity index is 1.63. The van der Waals surface area contributed by atoms with Crippen molar-refractivity contribution in [2.45, 2.75) is 44.6 Å². The van der Waals surface area contributed by atoms with Crippen molar-refractivity contribution in [3.63, 3.8) is 0 Å². The summed E-state index contributed by atoms with van der Waals surface area (Å²) in [6, 6.07) is 0. The Morgan fingerprint density at radius 3 is 2.50 bits per heavy atom. The highest BCUT2D eigenvalue weighted by molar-refractivity contribution is 4.76. The highest BCUT2D eigenvalue weighted by Gasteiger charge is 2.22. The maximum Gasteiger partial charge on any atom is 0.0581 e. The second-order valence-corrected chi connectivity index (χ2v) is 5.35. The molecule has 94 valence electrons. The monoisotopic (exact) mass is 226 g/mol. The normalized spacial score (nSPS) is 26.8. The van der Waals surface area contributed by atoms with Crippen molar-refractivity contribution in [3.05, 3.63) is 0 Å². The van der Waals surface area contributed by atoms with E-state index < -0.39 is 0 Å². The smallest absolute Gasteiger partial charge is 0.0581 e. The molecule has 2 aliphatic rings. The standard InChI is InChI=1S/C13H26N2O/c16-13(12-4-7-14-8-5-12)6-11-15-9-2-1-3-10-15/h12-14,16H,1-11H2. The predicted molar refractivity (Wildman–Crippen MR) is 66.5 cm³/mol. The fourth-order valence-electron chi connectivity index (χ4n) is 2.96. The minimum atomic E-state index is -0.0657. The molecule has 2 saturated heterocycles. The third kappa shape index (κ3) is 3.72. The summed E-state index contributed by atoms with van der Waals surface area (Å²) >= 11 is 0. The summed E-state index contributed by atoms with van der Waals surface area (Å²) in [5, 5.41) is 13.5. The van der Waals surface area contributed by atoms with E-state index in [0.29, 0.717) is 5.92 Å². The molecule has 3 nitrogen and oxygen atoms in total. The molecule has 2 rings (SSSR count). The number of rotatable bonds is 4. The van der Waals surface area contributed by atoms with Gasteiger partial charge in [0.15, 0.2) is 0 Å². The number of piperidine rings is 2. The summed E-state index contributed by atoms with van der Waals surface area (Å²) in [4.78, 5) is 2.52. The average molecular weight is 226 g/mol. The number of aliphatic hydroxyl groups excluding tert-OH is 1. The molecule has 3 heteroatoms. The number of hydrogen-bond donors (Lipinski definition) is 2. The summed E-state index contributed by atoms with van der Waals surface area (Å²) < 4.78 is 0. The van der Waals surface area contributed by atoms with Crippen molar-refractivity contribution in [1.82, 2.24) is 10.2 Å². The molecule has 0 aromatic rings. The molecule has 0 radical (unpaired) electrons. The van der Waals surface area contributed by atoms with Gasteiger partial charge in [0.1, 0.15) is 0 Å². The van der Waals surface area contributed by atoms with E-state index in [1.807, 2.05) is 0 Å². The van der Waals surface area contributed by atoms with E-state index >= 15 is 0 Å². The van der Waals surface area contributed by atoms with Crippen molar-refractivity contribution >= 4 is 0 Å². The van der Waals surface area contributed by atoms with Crippen LogP contribution in [0, 0.1) is 5.92 Å². The fourth-order valence-corrected chi connectivity index (χ4v) is 2.96. The largest absolute Gasteiger partial charge is 0.393 e. The lowest BCUT2D eigenvalue weighted by Crippen LogP contribution is -2.37. The summed E-state index contributed by atoms with van der Waals surface area (Å²) in [5.74, 6) is 0.547. The van der Waals surface area contributed by atoms with Gasteiger partial charge in [-0.2, -0.15) is 0 Å². The third-order valence-corrected chi connectivity index (χ3v) is 4.12. The van der Waals surface area contributed by atoms with Crippen LogP contribution in [-0.2, 0) is 0 Å². The van der Waals surface area contributed by atoms with E-state index in [1.165, 1.54) is 32.4 Å². The minimum Gasteiger partial charge on any atom is -0.393 e. The summed E-state index contributed by atoms with van der Waals surface area (Å²) in [7, 11) is 0. The van der Waals surface area contributed by atoms with Gasteiger partial charge in [0.05, 0.1) is 6.10 Å². The molecule has 0 aromatic carbocycles. The van der Waals surface area contributed by atoms with Crippen LogP contribution in [0.2, 0.25) is 0 Å². The van der Waals surface area contributed by atoms with Gasteiger partial charge in [-0.3, -0.25) is 0 Å². The molecule has 2 N–H and O–H groups in total. The third-order valence-electron chi connectivity index (χ3n) is 4.12. The molecule has 2 heterocycles. The zero-order valence-electron chi connectivity index (χ0n) is 10.3. The van der Waals surface area contributed by atoms with Crippen LogP contribution in [-0.4, -0.2) is 48.8 Å². The van der Waals surface area contributed by atoms with Crippen molar-refractivity contribution in [1.29, 1.82) is 0 Å². The van der Waals surface area contributed by atoms with Crippen LogP contribution in [0.3, 0.4) is 0 Å². The van der Waals surface area contributed by atoms with Crippen LogP contribution in [0.25, 0.3) is 0 Å². The molecule has 2 aliphatic heterocycles. The molecule has 2 fully saturated rings. The molecule has 0 spiro atoms. The van der Waals surface area contributed by atoms with E-state index in [-0.39, 0.29) is 6.10 Å². The fraction of sp³-hybridized carbons (Fsp3) is 1.00. The van der Waals surface area contributed by atoms with Crippen molar-refractivity contribution in [2.75, 3.05) is 32.7 Å². The van der Waals surface area contributed by atoms with Gasteiger partial charge in [-0.1, -0.05) is 6.42 Å². The van der Waals surface area contributed by atoms with E-state index in [2.05, 4.69) is 10.2 Å². The molecule has 0 bridgehead atoms. The molecule has 1 unspecified atom stereocenters. The Labute approximate surface area is 99.2 Å². The maximum atomic E-state index is 10.2. The molecule has 16 heavy (non-hydrogen) atoms. The van der Waals surface area contributed by atoms with Crippen LogP contribution in [0.5, 0.6) is 0 Å². The lowest BCUT2D eigenvalue weighted by molar-refractivity contribution is 0.0668. The van der Waals surface area contributed by atoms with Crippen molar-refractivity contribution in [2.24, 2.45) is 5.92 Å². The van der Waals surface area contributed by atoms with Crippen LogP contribution < -0.4 is 5.32 Å². The molecule has 0 aliphatic carbocycles. The van der Waals surface area contributed by atoms with E-state index in [9.17, 15) is 5.11 Å². The number of nitrogens with zero attached hydrogens (tertiary/aromatic N) is 1. The first kappa shape index (κ1) is 12.3. The quantitative estimate of drug-likeness (QED) is 0.756. The van der Waals surface area contributed by atoms with E-state index in [0.717, 1.165) is 38.9 Å². The van der Waals surface area contributed by atoms with Gasteiger partial charge in [-0.05, 0) is 64.2 Å². The topological polar surface area (TPSA) is 35.5 Å². The summed E-state index contributed by atoms with van der Waals surface area (Å²) in [6.07, 6.45) is 7.32. The SMILES string of the molecule is OC(CCN1CCCCC1)C1CCNCC1. The predicted octanol–water partition coefficient (Wildman–Crippen LogP) is 1.22. The number of likely N-dealkylation sites (tertiary alicyclic amines) is 1. The van der Waals surface area contributed by atoms with Gasteiger partial charge in [-0.15, -0.1) is 0 Å². The molecular weight excluding hydrogens is 200 g/mol. The molecule has 0 saturated carbocycles. The minimum absolute atomic E-state index is 0.0657. The Kier molecular flexibility index (Phi) is 5.07. The summed E-state index contributed by atoms with van der Waals surface area (Å²) in [5.41, 5.74) is 0. The van der Waals surface area contributed by atoms with Crippen LogP contribution in [0.15, 0.2) is 0 Å². The molecule has 0 aromatic heterocycles. The lowest BCUT2D eigenvalue weighted by atomic mass is 9.90. The lowest BCUT2D eigenvalue weighted by Gasteiger charge is -2.31. The van der Waals surface area contributed by atoms with Crippen molar-refractivity contribution < 1.29 is 5.11 Å². The number of aliphatic hydroxyl groups is 1. The Morgan fingerprint density at radius 1 is 1.12 bits per heavy atom. The van der Waals surface area contributed by atoms with Gasteiger partial charge in [0.2, 0.25) is 0 Å². The summed E-state index contributed by atoms with van der Waals surface area (Å²) in [6.45, 7) is 5.78.